The average Bonchev–Trinajstić information content (AvgIpc) is 2.85. The third-order valence-corrected chi connectivity index (χ3v) is 6.18. The first kappa shape index (κ1) is 19.0. The maximum absolute atomic E-state index is 12.6. The van der Waals surface area contributed by atoms with Gasteiger partial charge in [0.25, 0.3) is 0 Å². The summed E-state index contributed by atoms with van der Waals surface area (Å²) in [5.74, 6) is -0.867. The zero-order chi connectivity index (χ0) is 18.9. The minimum Gasteiger partial charge on any atom is -0.478 e. The van der Waals surface area contributed by atoms with Crippen molar-refractivity contribution < 1.29 is 14.7 Å². The van der Waals surface area contributed by atoms with Gasteiger partial charge in [-0.3, -0.25) is 4.79 Å². The molecule has 1 fully saturated rings. The second-order valence-corrected chi connectivity index (χ2v) is 8.61. The molecule has 1 heterocycles. The van der Waals surface area contributed by atoms with Crippen LogP contribution in [0, 0.1) is 0 Å². The van der Waals surface area contributed by atoms with Crippen molar-refractivity contribution in [1.82, 2.24) is 0 Å². The van der Waals surface area contributed by atoms with Crippen LogP contribution in [0.1, 0.15) is 29.3 Å². The van der Waals surface area contributed by atoms with Crippen molar-refractivity contribution in [3.05, 3.63) is 63.6 Å². The van der Waals surface area contributed by atoms with Crippen LogP contribution in [-0.4, -0.2) is 26.6 Å². The van der Waals surface area contributed by atoms with Crippen LogP contribution in [0.15, 0.2) is 47.5 Å². The van der Waals surface area contributed by atoms with Gasteiger partial charge in [-0.25, -0.2) is 9.79 Å². The second kappa shape index (κ2) is 7.43. The molecule has 1 saturated heterocycles. The Labute approximate surface area is 165 Å². The van der Waals surface area contributed by atoms with E-state index < -0.39 is 10.7 Å². The fraction of sp³-hybridized carbons (Fsp3) is 0.211. The summed E-state index contributed by atoms with van der Waals surface area (Å²) in [6.45, 7) is 1.89. The molecule has 0 amide bonds. The Morgan fingerprint density at radius 1 is 1.19 bits per heavy atom. The average molecular weight is 408 g/mol. The minimum atomic E-state index is -0.967. The van der Waals surface area contributed by atoms with Gasteiger partial charge in [0, 0.05) is 0 Å². The SMILES string of the molecule is CC1(Cc2ccc(C(=O)O)cc2)SC(=Nc2ccc(Cl)c(Cl)c2)CC1=O. The topological polar surface area (TPSA) is 66.7 Å². The number of hydrogen-bond donors (Lipinski definition) is 1. The van der Waals surface area contributed by atoms with Crippen LogP contribution in [0.3, 0.4) is 0 Å². The fourth-order valence-electron chi connectivity index (χ4n) is 2.73. The van der Waals surface area contributed by atoms with E-state index in [1.807, 2.05) is 6.92 Å². The number of carbonyl (C=O) groups is 2. The van der Waals surface area contributed by atoms with Crippen LogP contribution in [0.4, 0.5) is 5.69 Å². The Kier molecular flexibility index (Phi) is 5.42. The Hall–Kier alpha value is -1.82. The zero-order valence-electron chi connectivity index (χ0n) is 13.8. The van der Waals surface area contributed by atoms with Gasteiger partial charge in [0.05, 0.1) is 37.5 Å². The van der Waals surface area contributed by atoms with Crippen molar-refractivity contribution in [2.45, 2.75) is 24.5 Å². The molecule has 0 bridgehead atoms. The van der Waals surface area contributed by atoms with E-state index in [4.69, 9.17) is 28.3 Å². The van der Waals surface area contributed by atoms with Crippen LogP contribution in [0.2, 0.25) is 10.0 Å². The first-order chi connectivity index (χ1) is 12.3. The quantitative estimate of drug-likeness (QED) is 0.733. The van der Waals surface area contributed by atoms with Gasteiger partial charge < -0.3 is 5.11 Å². The van der Waals surface area contributed by atoms with E-state index in [-0.39, 0.29) is 17.8 Å². The molecule has 1 N–H and O–H groups in total. The van der Waals surface area contributed by atoms with Crippen LogP contribution in [0.25, 0.3) is 0 Å². The number of hydrogen-bond acceptors (Lipinski definition) is 4. The summed E-state index contributed by atoms with van der Waals surface area (Å²) >= 11 is 13.4. The monoisotopic (exact) mass is 407 g/mol. The number of nitrogens with zero attached hydrogens (tertiary/aromatic N) is 1. The normalized spacial score (nSPS) is 21.3. The van der Waals surface area contributed by atoms with E-state index in [0.29, 0.717) is 22.2 Å². The van der Waals surface area contributed by atoms with Crippen molar-refractivity contribution in [3.8, 4) is 0 Å². The van der Waals surface area contributed by atoms with Crippen molar-refractivity contribution >= 4 is 57.4 Å². The molecule has 2 aromatic carbocycles. The lowest BCUT2D eigenvalue weighted by atomic mass is 9.94. The van der Waals surface area contributed by atoms with Gasteiger partial charge in [-0.05, 0) is 49.2 Å². The summed E-state index contributed by atoms with van der Waals surface area (Å²) in [6, 6.07) is 11.7. The largest absolute Gasteiger partial charge is 0.478 e. The van der Waals surface area contributed by atoms with Crippen LogP contribution >= 0.6 is 35.0 Å². The molecule has 1 aliphatic rings. The van der Waals surface area contributed by atoms with E-state index >= 15 is 0 Å². The summed E-state index contributed by atoms with van der Waals surface area (Å²) < 4.78 is -0.625. The van der Waals surface area contributed by atoms with Crippen LogP contribution in [0.5, 0.6) is 0 Å². The Balaban J connectivity index is 1.78. The lowest BCUT2D eigenvalue weighted by Crippen LogP contribution is -2.29. The maximum Gasteiger partial charge on any atom is 0.335 e. The van der Waals surface area contributed by atoms with Gasteiger partial charge in [-0.1, -0.05) is 47.1 Å². The molecular weight excluding hydrogens is 393 g/mol. The Morgan fingerprint density at radius 2 is 1.88 bits per heavy atom. The number of carboxylic acids is 1. The molecular formula is C19H15Cl2NO3S. The first-order valence-corrected chi connectivity index (χ1v) is 9.41. The highest BCUT2D eigenvalue weighted by molar-refractivity contribution is 8.16. The Bertz CT molecular complexity index is 912. The smallest absolute Gasteiger partial charge is 0.335 e. The van der Waals surface area contributed by atoms with Crippen molar-refractivity contribution in [3.63, 3.8) is 0 Å². The lowest BCUT2D eigenvalue weighted by Gasteiger charge is -2.20. The molecule has 0 aromatic heterocycles. The highest BCUT2D eigenvalue weighted by Gasteiger charge is 2.42. The summed E-state index contributed by atoms with van der Waals surface area (Å²) in [5.41, 5.74) is 1.80. The first-order valence-electron chi connectivity index (χ1n) is 7.84. The van der Waals surface area contributed by atoms with Gasteiger partial charge >= 0.3 is 5.97 Å². The number of Topliss-reactive ketones (excluding diaryl/α,β-unsaturated/α-hetero) is 1. The molecule has 7 heteroatoms. The summed E-state index contributed by atoms with van der Waals surface area (Å²) in [5, 5.41) is 10.6. The molecule has 0 saturated carbocycles. The predicted octanol–water partition coefficient (Wildman–Crippen LogP) is 5.43. The number of halogens is 2. The molecule has 1 unspecified atom stereocenters. The van der Waals surface area contributed by atoms with Gasteiger partial charge in [0.1, 0.15) is 0 Å². The van der Waals surface area contributed by atoms with Crippen LogP contribution < -0.4 is 0 Å². The zero-order valence-corrected chi connectivity index (χ0v) is 16.2. The molecule has 2 aromatic rings. The number of aromatic carboxylic acids is 1. The van der Waals surface area contributed by atoms with Gasteiger partial charge in [-0.2, -0.15) is 0 Å². The van der Waals surface area contributed by atoms with E-state index in [2.05, 4.69) is 4.99 Å². The molecule has 0 aliphatic carbocycles. The molecule has 26 heavy (non-hydrogen) atoms. The predicted molar refractivity (Wildman–Crippen MR) is 106 cm³/mol. The van der Waals surface area contributed by atoms with Crippen molar-refractivity contribution in [1.29, 1.82) is 0 Å². The van der Waals surface area contributed by atoms with E-state index in [1.165, 1.54) is 11.8 Å². The molecule has 0 spiro atoms. The van der Waals surface area contributed by atoms with Crippen LogP contribution in [-0.2, 0) is 11.2 Å². The number of aliphatic imine (C=N–C) groups is 1. The summed E-state index contributed by atoms with van der Waals surface area (Å²) in [7, 11) is 0. The number of rotatable bonds is 4. The van der Waals surface area contributed by atoms with Crippen molar-refractivity contribution in [2.24, 2.45) is 4.99 Å². The van der Waals surface area contributed by atoms with Gasteiger partial charge in [-0.15, -0.1) is 0 Å². The fourth-order valence-corrected chi connectivity index (χ4v) is 4.32. The molecule has 0 radical (unpaired) electrons. The molecule has 4 nitrogen and oxygen atoms in total. The lowest BCUT2D eigenvalue weighted by molar-refractivity contribution is -0.119. The number of thioether (sulfide) groups is 1. The van der Waals surface area contributed by atoms with Crippen molar-refractivity contribution in [2.75, 3.05) is 0 Å². The highest BCUT2D eigenvalue weighted by atomic mass is 35.5. The van der Waals surface area contributed by atoms with E-state index in [1.54, 1.807) is 42.5 Å². The maximum atomic E-state index is 12.6. The van der Waals surface area contributed by atoms with Gasteiger partial charge in [0.2, 0.25) is 0 Å². The standard InChI is InChI=1S/C19H15Cl2NO3S/c1-19(10-11-2-4-12(5-3-11)18(24)25)16(23)9-17(26-19)22-13-6-7-14(20)15(21)8-13/h2-8H,9-10H2,1H3,(H,24,25). The van der Waals surface area contributed by atoms with Gasteiger partial charge in [0.15, 0.2) is 5.78 Å². The van der Waals surface area contributed by atoms with E-state index in [0.717, 1.165) is 10.6 Å². The van der Waals surface area contributed by atoms with E-state index in [9.17, 15) is 9.59 Å². The number of carboxylic acid groups (broad SMARTS) is 1. The minimum absolute atomic E-state index is 0.101. The summed E-state index contributed by atoms with van der Waals surface area (Å²) in [6.07, 6.45) is 0.783. The number of carbonyl (C=O) groups excluding carboxylic acids is 1. The third kappa shape index (κ3) is 4.11. The second-order valence-electron chi connectivity index (χ2n) is 6.22. The molecule has 1 atom stereocenters. The highest BCUT2D eigenvalue weighted by Crippen LogP contribution is 2.41. The number of ketones is 1. The number of benzene rings is 2. The molecule has 134 valence electrons. The molecule has 1 aliphatic heterocycles. The summed E-state index contributed by atoms with van der Waals surface area (Å²) in [4.78, 5) is 28.0. The third-order valence-electron chi connectivity index (χ3n) is 4.14. The Morgan fingerprint density at radius 3 is 2.50 bits per heavy atom. The molecule has 3 rings (SSSR count).